The van der Waals surface area contributed by atoms with Gasteiger partial charge in [-0.15, -0.1) is 23.2 Å². The Morgan fingerprint density at radius 3 is 1.91 bits per heavy atom. The smallest absolute Gasteiger partial charge is 0.231 e. The summed E-state index contributed by atoms with van der Waals surface area (Å²) in [6.07, 6.45) is 0.601. The van der Waals surface area contributed by atoms with Gasteiger partial charge in [-0.2, -0.15) is 0 Å². The molecular weight excluding hydrogens is 206 g/mol. The molecule has 1 aliphatic carbocycles. The van der Waals surface area contributed by atoms with E-state index in [-0.39, 0.29) is 5.92 Å². The van der Waals surface area contributed by atoms with Gasteiger partial charge in [-0.05, 0) is 18.0 Å². The molecule has 64 valence electrons. The zero-order chi connectivity index (χ0) is 8.86. The summed E-state index contributed by atoms with van der Waals surface area (Å²) < 4.78 is -0.944. The van der Waals surface area contributed by atoms with Gasteiger partial charge in [0.25, 0.3) is 0 Å². The van der Waals surface area contributed by atoms with Crippen molar-refractivity contribution in [3.8, 4) is 0 Å². The van der Waals surface area contributed by atoms with Crippen LogP contribution in [0, 0.1) is 11.3 Å². The molecule has 2 atom stereocenters. The molecule has 1 saturated carbocycles. The van der Waals surface area contributed by atoms with Crippen molar-refractivity contribution in [2.75, 3.05) is 0 Å². The zero-order valence-corrected chi connectivity index (χ0v) is 8.59. The second-order valence-corrected chi connectivity index (χ2v) is 4.67. The minimum absolute atomic E-state index is 0.0340. The number of carbonyl (C=O) groups is 1. The molecule has 11 heavy (non-hydrogen) atoms. The first-order valence-corrected chi connectivity index (χ1v) is 4.62. The average Bonchev–Trinajstić information content (AvgIpc) is 2.30. The minimum Gasteiger partial charge on any atom is -0.281 e. The summed E-state index contributed by atoms with van der Waals surface area (Å²) in [6, 6.07) is 0. The quantitative estimate of drug-likeness (QED) is 0.511. The van der Waals surface area contributed by atoms with E-state index in [9.17, 15) is 4.79 Å². The van der Waals surface area contributed by atoms with E-state index in [1.54, 1.807) is 0 Å². The molecule has 0 aromatic carbocycles. The van der Waals surface area contributed by atoms with E-state index >= 15 is 0 Å². The molecule has 0 bridgehead atoms. The van der Waals surface area contributed by atoms with Crippen LogP contribution in [0.1, 0.15) is 20.3 Å². The molecule has 0 amide bonds. The third-order valence-electron chi connectivity index (χ3n) is 2.70. The molecule has 4 heteroatoms. The van der Waals surface area contributed by atoms with Crippen LogP contribution in [-0.2, 0) is 4.79 Å². The lowest BCUT2D eigenvalue weighted by molar-refractivity contribution is -0.116. The summed E-state index contributed by atoms with van der Waals surface area (Å²) in [5, 5.41) is -0.419. The average molecular weight is 216 g/mol. The molecule has 0 spiro atoms. The molecule has 0 N–H and O–H groups in total. The van der Waals surface area contributed by atoms with Crippen LogP contribution in [0.5, 0.6) is 0 Å². The first-order chi connectivity index (χ1) is 4.91. The van der Waals surface area contributed by atoms with E-state index in [0.717, 1.165) is 0 Å². The fourth-order valence-electron chi connectivity index (χ4n) is 1.62. The maximum Gasteiger partial charge on any atom is 0.231 e. The number of hydrogen-bond acceptors (Lipinski definition) is 1. The molecular formula is C7H9Cl3O. The lowest BCUT2D eigenvalue weighted by atomic mass is 10.0. The Morgan fingerprint density at radius 2 is 1.91 bits per heavy atom. The van der Waals surface area contributed by atoms with Crippen LogP contribution < -0.4 is 0 Å². The van der Waals surface area contributed by atoms with Gasteiger partial charge in [0.15, 0.2) is 0 Å². The Morgan fingerprint density at radius 1 is 1.55 bits per heavy atom. The van der Waals surface area contributed by atoms with Gasteiger partial charge in [-0.1, -0.05) is 13.8 Å². The molecule has 0 radical (unpaired) electrons. The standard InChI is InChI=1S/C7H9Cl3O/c1-3-6(5(8)11)4(2)7(6,9)10/h4H,3H2,1-2H3/t4-,6+/m1/s1. The highest BCUT2D eigenvalue weighted by Crippen LogP contribution is 2.71. The molecule has 1 aliphatic rings. The first kappa shape index (κ1) is 9.63. The Bertz CT molecular complexity index is 202. The summed E-state index contributed by atoms with van der Waals surface area (Å²) in [5.74, 6) is -0.0340. The van der Waals surface area contributed by atoms with E-state index in [1.165, 1.54) is 0 Å². The van der Waals surface area contributed by atoms with E-state index < -0.39 is 15.0 Å². The molecule has 0 aromatic rings. The van der Waals surface area contributed by atoms with Gasteiger partial charge >= 0.3 is 0 Å². The third-order valence-corrected chi connectivity index (χ3v) is 4.37. The van der Waals surface area contributed by atoms with Crippen LogP contribution in [0.4, 0.5) is 0 Å². The van der Waals surface area contributed by atoms with Crippen LogP contribution in [0.15, 0.2) is 0 Å². The fraction of sp³-hybridized carbons (Fsp3) is 0.857. The summed E-state index contributed by atoms with van der Waals surface area (Å²) in [4.78, 5) is 11.0. The predicted octanol–water partition coefficient (Wildman–Crippen LogP) is 2.97. The maximum atomic E-state index is 11.0. The van der Waals surface area contributed by atoms with E-state index in [4.69, 9.17) is 34.8 Å². The monoisotopic (exact) mass is 214 g/mol. The molecule has 0 saturated heterocycles. The molecule has 1 fully saturated rings. The van der Waals surface area contributed by atoms with Crippen molar-refractivity contribution in [3.63, 3.8) is 0 Å². The van der Waals surface area contributed by atoms with Crippen LogP contribution in [0.25, 0.3) is 0 Å². The fourth-order valence-corrected chi connectivity index (χ4v) is 3.19. The van der Waals surface area contributed by atoms with Gasteiger partial charge in [0.05, 0.1) is 5.41 Å². The molecule has 0 aromatic heterocycles. The van der Waals surface area contributed by atoms with Gasteiger partial charge in [-0.25, -0.2) is 0 Å². The van der Waals surface area contributed by atoms with Crippen LogP contribution >= 0.6 is 34.8 Å². The molecule has 0 unspecified atom stereocenters. The van der Waals surface area contributed by atoms with Crippen molar-refractivity contribution in [2.45, 2.75) is 24.6 Å². The maximum absolute atomic E-state index is 11.0. The van der Waals surface area contributed by atoms with Crippen molar-refractivity contribution >= 4 is 40.0 Å². The van der Waals surface area contributed by atoms with Crippen molar-refractivity contribution in [3.05, 3.63) is 0 Å². The number of halogens is 3. The normalized spacial score (nSPS) is 40.3. The van der Waals surface area contributed by atoms with Crippen LogP contribution in [0.3, 0.4) is 0 Å². The Balaban J connectivity index is 2.93. The Labute approximate surface area is 81.0 Å². The van der Waals surface area contributed by atoms with Gasteiger partial charge in [0, 0.05) is 5.92 Å². The molecule has 0 aliphatic heterocycles. The largest absolute Gasteiger partial charge is 0.281 e. The topological polar surface area (TPSA) is 17.1 Å². The number of rotatable bonds is 2. The van der Waals surface area contributed by atoms with Gasteiger partial charge < -0.3 is 0 Å². The van der Waals surface area contributed by atoms with Crippen molar-refractivity contribution < 1.29 is 4.79 Å². The summed E-state index contributed by atoms with van der Waals surface area (Å²) in [6.45, 7) is 3.70. The lowest BCUT2D eigenvalue weighted by Gasteiger charge is -2.08. The van der Waals surface area contributed by atoms with Crippen molar-refractivity contribution in [1.82, 2.24) is 0 Å². The van der Waals surface area contributed by atoms with E-state index in [2.05, 4.69) is 0 Å². The second kappa shape index (κ2) is 2.51. The number of hydrogen-bond donors (Lipinski definition) is 0. The zero-order valence-electron chi connectivity index (χ0n) is 6.33. The molecule has 0 heterocycles. The van der Waals surface area contributed by atoms with Crippen molar-refractivity contribution in [1.29, 1.82) is 0 Å². The summed E-state index contributed by atoms with van der Waals surface area (Å²) >= 11 is 17.1. The van der Waals surface area contributed by atoms with Crippen LogP contribution in [0.2, 0.25) is 0 Å². The highest BCUT2D eigenvalue weighted by molar-refractivity contribution is 6.69. The highest BCUT2D eigenvalue weighted by Gasteiger charge is 2.76. The van der Waals surface area contributed by atoms with Crippen molar-refractivity contribution in [2.24, 2.45) is 11.3 Å². The highest BCUT2D eigenvalue weighted by atomic mass is 35.5. The lowest BCUT2D eigenvalue weighted by Crippen LogP contribution is -2.16. The number of alkyl halides is 2. The first-order valence-electron chi connectivity index (χ1n) is 3.49. The second-order valence-electron chi connectivity index (χ2n) is 2.94. The number of carbonyl (C=O) groups excluding carboxylic acids is 1. The summed E-state index contributed by atoms with van der Waals surface area (Å²) in [7, 11) is 0. The van der Waals surface area contributed by atoms with Gasteiger partial charge in [-0.3, -0.25) is 4.79 Å². The third kappa shape index (κ3) is 0.944. The Hall–Kier alpha value is 0.540. The van der Waals surface area contributed by atoms with Gasteiger partial charge in [0.1, 0.15) is 4.33 Å². The predicted molar refractivity (Wildman–Crippen MR) is 47.2 cm³/mol. The summed E-state index contributed by atoms with van der Waals surface area (Å²) in [5.41, 5.74) is -0.697. The molecule has 1 rings (SSSR count). The van der Waals surface area contributed by atoms with Crippen LogP contribution in [-0.4, -0.2) is 9.58 Å². The SMILES string of the molecule is CC[C@@]1(C(=O)Cl)[C@@H](C)C1(Cl)Cl. The van der Waals surface area contributed by atoms with E-state index in [0.29, 0.717) is 6.42 Å². The Kier molecular flexibility index (Phi) is 2.20. The van der Waals surface area contributed by atoms with Gasteiger partial charge in [0.2, 0.25) is 5.24 Å². The van der Waals surface area contributed by atoms with E-state index in [1.807, 2.05) is 13.8 Å². The minimum atomic E-state index is -0.944. The molecule has 1 nitrogen and oxygen atoms in total.